The lowest BCUT2D eigenvalue weighted by Crippen LogP contribution is -2.27. The fraction of sp³-hybridized carbons (Fsp3) is 0.208. The van der Waals surface area contributed by atoms with E-state index in [1.165, 1.54) is 26.3 Å². The van der Waals surface area contributed by atoms with E-state index in [1.54, 1.807) is 37.3 Å². The third-order valence-corrected chi connectivity index (χ3v) is 7.02. The Kier molecular flexibility index (Phi) is 6.36. The van der Waals surface area contributed by atoms with Crippen molar-refractivity contribution in [2.24, 2.45) is 0 Å². The van der Waals surface area contributed by atoms with Crippen LogP contribution in [0.25, 0.3) is 0 Å². The van der Waals surface area contributed by atoms with Crippen molar-refractivity contribution in [2.45, 2.75) is 25.7 Å². The molecule has 3 aromatic carbocycles. The smallest absolute Gasteiger partial charge is 0.264 e. The Morgan fingerprint density at radius 3 is 2.19 bits per heavy atom. The van der Waals surface area contributed by atoms with Gasteiger partial charge in [0, 0.05) is 18.3 Å². The van der Waals surface area contributed by atoms with Gasteiger partial charge in [-0.15, -0.1) is 0 Å². The number of hydrogen-bond acceptors (Lipinski definition) is 4. The van der Waals surface area contributed by atoms with Crippen LogP contribution in [0.15, 0.2) is 65.6 Å². The van der Waals surface area contributed by atoms with Gasteiger partial charge in [-0.3, -0.25) is 9.10 Å². The zero-order valence-electron chi connectivity index (χ0n) is 18.3. The molecule has 0 radical (unpaired) electrons. The molecular weight excluding hydrogens is 412 g/mol. The quantitative estimate of drug-likeness (QED) is 0.605. The van der Waals surface area contributed by atoms with Gasteiger partial charge in [0.05, 0.1) is 17.7 Å². The summed E-state index contributed by atoms with van der Waals surface area (Å²) in [4.78, 5) is 13.0. The third kappa shape index (κ3) is 4.41. The topological polar surface area (TPSA) is 75.7 Å². The zero-order valence-corrected chi connectivity index (χ0v) is 19.1. The number of para-hydroxylation sites is 3. The summed E-state index contributed by atoms with van der Waals surface area (Å²) in [5.41, 5.74) is 3.99. The maximum atomic E-state index is 13.3. The van der Waals surface area contributed by atoms with Crippen molar-refractivity contribution in [1.82, 2.24) is 0 Å². The molecule has 6 nitrogen and oxygen atoms in total. The lowest BCUT2D eigenvalue weighted by molar-refractivity contribution is 0.102. The number of nitrogens with zero attached hydrogens (tertiary/aromatic N) is 1. The van der Waals surface area contributed by atoms with Gasteiger partial charge in [-0.05, 0) is 61.7 Å². The van der Waals surface area contributed by atoms with E-state index in [0.29, 0.717) is 22.6 Å². The number of methoxy groups -OCH3 is 1. The molecule has 0 spiro atoms. The summed E-state index contributed by atoms with van der Waals surface area (Å²) in [6.07, 6.45) is 0. The molecule has 0 aliphatic heterocycles. The maximum absolute atomic E-state index is 13.3. The molecule has 0 saturated heterocycles. The van der Waals surface area contributed by atoms with E-state index in [0.717, 1.165) is 21.1 Å². The fourth-order valence-electron chi connectivity index (χ4n) is 3.38. The number of carbonyl (C=O) groups excluding carboxylic acids is 1. The first-order valence-electron chi connectivity index (χ1n) is 9.77. The Balaban J connectivity index is 1.99. The standard InChI is InChI=1S/C24H26N2O4S/c1-16-13-14-19(31(28,29)26(4)21-11-6-7-12-22(21)30-5)15-20(16)24(27)25-23-17(2)9-8-10-18(23)3/h6-15H,1-5H3,(H,25,27). The van der Waals surface area contributed by atoms with Crippen LogP contribution >= 0.6 is 0 Å². The van der Waals surface area contributed by atoms with Crippen molar-refractivity contribution in [3.8, 4) is 5.75 Å². The summed E-state index contributed by atoms with van der Waals surface area (Å²) in [5, 5.41) is 2.93. The number of nitrogens with one attached hydrogen (secondary N) is 1. The second-order valence-electron chi connectivity index (χ2n) is 7.34. The number of carbonyl (C=O) groups is 1. The number of ether oxygens (including phenoxy) is 1. The maximum Gasteiger partial charge on any atom is 0.264 e. The molecule has 3 rings (SSSR count). The number of anilines is 2. The Bertz CT molecular complexity index is 1220. The highest BCUT2D eigenvalue weighted by atomic mass is 32.2. The number of aryl methyl sites for hydroxylation is 3. The number of hydrogen-bond donors (Lipinski definition) is 1. The molecule has 0 saturated carbocycles. The Labute approximate surface area is 183 Å². The second kappa shape index (κ2) is 8.81. The van der Waals surface area contributed by atoms with Gasteiger partial charge >= 0.3 is 0 Å². The van der Waals surface area contributed by atoms with Gasteiger partial charge < -0.3 is 10.1 Å². The average molecular weight is 439 g/mol. The molecule has 0 fully saturated rings. The van der Waals surface area contributed by atoms with Crippen LogP contribution in [-0.4, -0.2) is 28.5 Å². The van der Waals surface area contributed by atoms with Crippen LogP contribution in [-0.2, 0) is 10.0 Å². The summed E-state index contributed by atoms with van der Waals surface area (Å²) in [6, 6.07) is 17.2. The van der Waals surface area contributed by atoms with Gasteiger partial charge in [0.25, 0.3) is 15.9 Å². The first-order chi connectivity index (χ1) is 14.7. The van der Waals surface area contributed by atoms with E-state index in [4.69, 9.17) is 4.74 Å². The van der Waals surface area contributed by atoms with Crippen molar-refractivity contribution in [2.75, 3.05) is 23.8 Å². The molecule has 0 aromatic heterocycles. The minimum Gasteiger partial charge on any atom is -0.495 e. The number of sulfonamides is 1. The van der Waals surface area contributed by atoms with E-state index in [-0.39, 0.29) is 10.8 Å². The van der Waals surface area contributed by atoms with Crippen LogP contribution in [0.2, 0.25) is 0 Å². The van der Waals surface area contributed by atoms with Gasteiger partial charge in [0.2, 0.25) is 0 Å². The molecule has 0 atom stereocenters. The largest absolute Gasteiger partial charge is 0.495 e. The van der Waals surface area contributed by atoms with E-state index < -0.39 is 10.0 Å². The van der Waals surface area contributed by atoms with Crippen LogP contribution in [0.5, 0.6) is 5.75 Å². The van der Waals surface area contributed by atoms with Crippen molar-refractivity contribution < 1.29 is 17.9 Å². The van der Waals surface area contributed by atoms with Crippen LogP contribution in [0.3, 0.4) is 0 Å². The van der Waals surface area contributed by atoms with E-state index in [2.05, 4.69) is 5.32 Å². The molecule has 7 heteroatoms. The van der Waals surface area contributed by atoms with Gasteiger partial charge in [-0.25, -0.2) is 8.42 Å². The van der Waals surface area contributed by atoms with Crippen LogP contribution in [0.4, 0.5) is 11.4 Å². The highest BCUT2D eigenvalue weighted by Gasteiger charge is 2.25. The lowest BCUT2D eigenvalue weighted by atomic mass is 10.1. The summed E-state index contributed by atoms with van der Waals surface area (Å²) >= 11 is 0. The second-order valence-corrected chi connectivity index (χ2v) is 9.31. The first kappa shape index (κ1) is 22.4. The summed E-state index contributed by atoms with van der Waals surface area (Å²) in [5.74, 6) is 0.0839. The van der Waals surface area contributed by atoms with Crippen LogP contribution < -0.4 is 14.4 Å². The predicted octanol–water partition coefficient (Wildman–Crippen LogP) is 4.70. The summed E-state index contributed by atoms with van der Waals surface area (Å²) in [7, 11) is -0.964. The van der Waals surface area contributed by atoms with E-state index in [9.17, 15) is 13.2 Å². The predicted molar refractivity (Wildman–Crippen MR) is 124 cm³/mol. The SMILES string of the molecule is COc1ccccc1N(C)S(=O)(=O)c1ccc(C)c(C(=O)Nc2c(C)cccc2C)c1. The van der Waals surface area contributed by atoms with Gasteiger partial charge in [-0.1, -0.05) is 36.4 Å². The number of benzene rings is 3. The minimum atomic E-state index is -3.91. The Hall–Kier alpha value is -3.32. The highest BCUT2D eigenvalue weighted by Crippen LogP contribution is 2.31. The van der Waals surface area contributed by atoms with E-state index >= 15 is 0 Å². The van der Waals surface area contributed by atoms with Crippen molar-refractivity contribution in [3.63, 3.8) is 0 Å². The molecule has 0 aliphatic rings. The zero-order chi connectivity index (χ0) is 22.8. The van der Waals surface area contributed by atoms with Crippen molar-refractivity contribution in [1.29, 1.82) is 0 Å². The van der Waals surface area contributed by atoms with Gasteiger partial charge in [-0.2, -0.15) is 0 Å². The van der Waals surface area contributed by atoms with Gasteiger partial charge in [0.15, 0.2) is 0 Å². The molecule has 162 valence electrons. The summed E-state index contributed by atoms with van der Waals surface area (Å²) in [6.45, 7) is 5.61. The molecule has 1 N–H and O–H groups in total. The molecule has 3 aromatic rings. The van der Waals surface area contributed by atoms with Crippen molar-refractivity contribution >= 4 is 27.3 Å². The molecule has 31 heavy (non-hydrogen) atoms. The molecule has 0 heterocycles. The normalized spacial score (nSPS) is 11.1. The monoisotopic (exact) mass is 438 g/mol. The van der Waals surface area contributed by atoms with Crippen molar-refractivity contribution in [3.05, 3.63) is 82.9 Å². The third-order valence-electron chi connectivity index (χ3n) is 5.26. The number of amides is 1. The van der Waals surface area contributed by atoms with Crippen LogP contribution in [0.1, 0.15) is 27.0 Å². The number of rotatable bonds is 6. The first-order valence-corrected chi connectivity index (χ1v) is 11.2. The molecule has 1 amide bonds. The Morgan fingerprint density at radius 1 is 0.903 bits per heavy atom. The average Bonchev–Trinajstić information content (AvgIpc) is 2.75. The Morgan fingerprint density at radius 2 is 1.55 bits per heavy atom. The molecule has 0 bridgehead atoms. The minimum absolute atomic E-state index is 0.0261. The van der Waals surface area contributed by atoms with Crippen LogP contribution in [0, 0.1) is 20.8 Å². The van der Waals surface area contributed by atoms with E-state index in [1.807, 2.05) is 32.0 Å². The lowest BCUT2D eigenvalue weighted by Gasteiger charge is -2.22. The highest BCUT2D eigenvalue weighted by molar-refractivity contribution is 7.92. The van der Waals surface area contributed by atoms with Gasteiger partial charge in [0.1, 0.15) is 5.75 Å². The molecular formula is C24H26N2O4S. The molecule has 0 unspecified atom stereocenters. The summed E-state index contributed by atoms with van der Waals surface area (Å²) < 4.78 is 33.0. The molecule has 0 aliphatic carbocycles. The fourth-order valence-corrected chi connectivity index (χ4v) is 4.61.